The summed E-state index contributed by atoms with van der Waals surface area (Å²) in [4.78, 5) is 19.7. The van der Waals surface area contributed by atoms with Crippen LogP contribution in [0.15, 0.2) is 30.9 Å². The standard InChI is InChI=1S/C12H12Cl2N4O/c13-9-2-3-10(14)17-11(9)12(19)16-4-1-6-18-7-5-15-8-18/h2-3,5,7-8H,1,4,6H2,(H,16,19). The summed E-state index contributed by atoms with van der Waals surface area (Å²) in [5, 5.41) is 3.28. The molecule has 5 nitrogen and oxygen atoms in total. The predicted octanol–water partition coefficient (Wildman–Crippen LogP) is 2.41. The summed E-state index contributed by atoms with van der Waals surface area (Å²) < 4.78 is 1.94. The lowest BCUT2D eigenvalue weighted by molar-refractivity contribution is 0.0948. The van der Waals surface area contributed by atoms with Crippen molar-refractivity contribution in [2.45, 2.75) is 13.0 Å². The molecule has 2 aromatic rings. The first kappa shape index (κ1) is 13.8. The highest BCUT2D eigenvalue weighted by molar-refractivity contribution is 6.34. The summed E-state index contributed by atoms with van der Waals surface area (Å²) in [6.07, 6.45) is 6.11. The van der Waals surface area contributed by atoms with Crippen molar-refractivity contribution in [3.63, 3.8) is 0 Å². The van der Waals surface area contributed by atoms with Crippen LogP contribution in [0, 0.1) is 0 Å². The monoisotopic (exact) mass is 298 g/mol. The lowest BCUT2D eigenvalue weighted by atomic mass is 10.3. The Hall–Kier alpha value is -1.59. The van der Waals surface area contributed by atoms with Gasteiger partial charge in [0.15, 0.2) is 0 Å². The minimum Gasteiger partial charge on any atom is -0.351 e. The van der Waals surface area contributed by atoms with Crippen LogP contribution in [0.3, 0.4) is 0 Å². The molecule has 0 spiro atoms. The highest BCUT2D eigenvalue weighted by atomic mass is 35.5. The van der Waals surface area contributed by atoms with E-state index >= 15 is 0 Å². The van der Waals surface area contributed by atoms with Crippen molar-refractivity contribution in [1.82, 2.24) is 19.9 Å². The first-order chi connectivity index (χ1) is 9.16. The molecule has 0 unspecified atom stereocenters. The molecule has 7 heteroatoms. The molecule has 0 aromatic carbocycles. The van der Waals surface area contributed by atoms with Gasteiger partial charge in [0.1, 0.15) is 10.8 Å². The van der Waals surface area contributed by atoms with E-state index in [-0.39, 0.29) is 21.8 Å². The maximum atomic E-state index is 11.8. The van der Waals surface area contributed by atoms with E-state index in [1.165, 1.54) is 0 Å². The number of aryl methyl sites for hydroxylation is 1. The fourth-order valence-electron chi connectivity index (χ4n) is 1.54. The van der Waals surface area contributed by atoms with Gasteiger partial charge in [-0.15, -0.1) is 0 Å². The van der Waals surface area contributed by atoms with Gasteiger partial charge in [-0.2, -0.15) is 0 Å². The van der Waals surface area contributed by atoms with E-state index in [1.54, 1.807) is 24.7 Å². The largest absolute Gasteiger partial charge is 0.351 e. The van der Waals surface area contributed by atoms with Crippen LogP contribution < -0.4 is 5.32 Å². The molecule has 1 amide bonds. The number of halogens is 2. The summed E-state index contributed by atoms with van der Waals surface area (Å²) in [7, 11) is 0. The summed E-state index contributed by atoms with van der Waals surface area (Å²) >= 11 is 11.6. The number of aromatic nitrogens is 3. The van der Waals surface area contributed by atoms with Gasteiger partial charge in [0, 0.05) is 25.5 Å². The van der Waals surface area contributed by atoms with Gasteiger partial charge in [-0.05, 0) is 18.6 Å². The number of amides is 1. The molecule has 1 N–H and O–H groups in total. The Morgan fingerprint density at radius 1 is 1.37 bits per heavy atom. The van der Waals surface area contributed by atoms with Gasteiger partial charge >= 0.3 is 0 Å². The smallest absolute Gasteiger partial charge is 0.271 e. The molecule has 0 aliphatic rings. The molecule has 0 atom stereocenters. The van der Waals surface area contributed by atoms with Crippen molar-refractivity contribution in [3.05, 3.63) is 46.7 Å². The molecular formula is C12H12Cl2N4O. The van der Waals surface area contributed by atoms with Crippen LogP contribution in [0.25, 0.3) is 0 Å². The van der Waals surface area contributed by atoms with E-state index < -0.39 is 0 Å². The molecule has 100 valence electrons. The fraction of sp³-hybridized carbons (Fsp3) is 0.250. The second-order valence-corrected chi connectivity index (χ2v) is 4.67. The first-order valence-electron chi connectivity index (χ1n) is 5.73. The molecule has 0 aliphatic heterocycles. The Labute approximate surface area is 120 Å². The SMILES string of the molecule is O=C(NCCCn1ccnc1)c1nc(Cl)ccc1Cl. The van der Waals surface area contributed by atoms with E-state index in [0.717, 1.165) is 13.0 Å². The third kappa shape index (κ3) is 3.94. The fourth-order valence-corrected chi connectivity index (χ4v) is 1.88. The number of hydrogen-bond donors (Lipinski definition) is 1. The van der Waals surface area contributed by atoms with Crippen molar-refractivity contribution in [1.29, 1.82) is 0 Å². The van der Waals surface area contributed by atoms with Crippen LogP contribution >= 0.6 is 23.2 Å². The summed E-state index contributed by atoms with van der Waals surface area (Å²) in [5.41, 5.74) is 0.150. The normalized spacial score (nSPS) is 10.4. The van der Waals surface area contributed by atoms with E-state index in [9.17, 15) is 4.79 Å². The van der Waals surface area contributed by atoms with Gasteiger partial charge in [-0.3, -0.25) is 4.79 Å². The minimum atomic E-state index is -0.321. The maximum absolute atomic E-state index is 11.8. The quantitative estimate of drug-likeness (QED) is 0.681. The Bertz CT molecular complexity index is 557. The van der Waals surface area contributed by atoms with Crippen molar-refractivity contribution in [2.24, 2.45) is 0 Å². The zero-order valence-corrected chi connectivity index (χ0v) is 11.5. The number of pyridine rings is 1. The van der Waals surface area contributed by atoms with Crippen LogP contribution in [0.5, 0.6) is 0 Å². The van der Waals surface area contributed by atoms with Crippen LogP contribution in [0.2, 0.25) is 10.2 Å². The van der Waals surface area contributed by atoms with Gasteiger partial charge in [0.2, 0.25) is 0 Å². The molecule has 0 bridgehead atoms. The van der Waals surface area contributed by atoms with Crippen molar-refractivity contribution in [3.8, 4) is 0 Å². The Morgan fingerprint density at radius 2 is 2.21 bits per heavy atom. The number of carbonyl (C=O) groups excluding carboxylic acids is 1. The van der Waals surface area contributed by atoms with Crippen molar-refractivity contribution >= 4 is 29.1 Å². The maximum Gasteiger partial charge on any atom is 0.271 e. The molecular weight excluding hydrogens is 287 g/mol. The number of imidazole rings is 1. The molecule has 0 fully saturated rings. The zero-order valence-electron chi connectivity index (χ0n) is 10.0. The van der Waals surface area contributed by atoms with E-state index in [0.29, 0.717) is 6.54 Å². The predicted molar refractivity (Wildman–Crippen MR) is 73.4 cm³/mol. The highest BCUT2D eigenvalue weighted by Crippen LogP contribution is 2.16. The second kappa shape index (κ2) is 6.54. The van der Waals surface area contributed by atoms with Gasteiger partial charge in [-0.25, -0.2) is 9.97 Å². The average Bonchev–Trinajstić information content (AvgIpc) is 2.90. The van der Waals surface area contributed by atoms with Gasteiger partial charge in [0.25, 0.3) is 5.91 Å². The molecule has 0 radical (unpaired) electrons. The van der Waals surface area contributed by atoms with Crippen LogP contribution in [0.1, 0.15) is 16.9 Å². The summed E-state index contributed by atoms with van der Waals surface area (Å²) in [6.45, 7) is 1.32. The summed E-state index contributed by atoms with van der Waals surface area (Å²) in [6, 6.07) is 3.09. The molecule has 0 saturated heterocycles. The van der Waals surface area contributed by atoms with Gasteiger partial charge in [-0.1, -0.05) is 23.2 Å². The highest BCUT2D eigenvalue weighted by Gasteiger charge is 2.12. The van der Waals surface area contributed by atoms with Crippen LogP contribution in [0.4, 0.5) is 0 Å². The number of nitrogens with one attached hydrogen (secondary N) is 1. The van der Waals surface area contributed by atoms with Crippen molar-refractivity contribution in [2.75, 3.05) is 6.54 Å². The number of carbonyl (C=O) groups is 1. The third-order valence-corrected chi connectivity index (χ3v) is 2.98. The number of rotatable bonds is 5. The second-order valence-electron chi connectivity index (χ2n) is 3.87. The molecule has 19 heavy (non-hydrogen) atoms. The number of hydrogen-bond acceptors (Lipinski definition) is 3. The van der Waals surface area contributed by atoms with Crippen LogP contribution in [-0.2, 0) is 6.54 Å². The topological polar surface area (TPSA) is 59.8 Å². The average molecular weight is 299 g/mol. The lowest BCUT2D eigenvalue weighted by Gasteiger charge is -2.06. The number of nitrogens with zero attached hydrogens (tertiary/aromatic N) is 3. The van der Waals surface area contributed by atoms with E-state index in [4.69, 9.17) is 23.2 Å². The minimum absolute atomic E-state index is 0.150. The Kier molecular flexibility index (Phi) is 4.76. The molecule has 0 aliphatic carbocycles. The van der Waals surface area contributed by atoms with Gasteiger partial charge < -0.3 is 9.88 Å². The van der Waals surface area contributed by atoms with Crippen molar-refractivity contribution < 1.29 is 4.79 Å². The molecule has 2 aromatic heterocycles. The van der Waals surface area contributed by atoms with Gasteiger partial charge in [0.05, 0.1) is 11.3 Å². The molecule has 0 saturated carbocycles. The van der Waals surface area contributed by atoms with E-state index in [1.807, 2.05) is 10.8 Å². The van der Waals surface area contributed by atoms with Crippen LogP contribution in [-0.4, -0.2) is 27.0 Å². The zero-order chi connectivity index (χ0) is 13.7. The molecule has 2 heterocycles. The molecule has 2 rings (SSSR count). The third-order valence-electron chi connectivity index (χ3n) is 2.46. The summed E-state index contributed by atoms with van der Waals surface area (Å²) in [5.74, 6) is -0.321. The van der Waals surface area contributed by atoms with E-state index in [2.05, 4.69) is 15.3 Å². The Balaban J connectivity index is 1.82. The lowest BCUT2D eigenvalue weighted by Crippen LogP contribution is -2.26. The first-order valence-corrected chi connectivity index (χ1v) is 6.48. The Morgan fingerprint density at radius 3 is 2.95 bits per heavy atom.